The summed E-state index contributed by atoms with van der Waals surface area (Å²) in [6, 6.07) is 9.81. The highest BCUT2D eigenvalue weighted by Gasteiger charge is 2.29. The van der Waals surface area contributed by atoms with E-state index in [4.69, 9.17) is 9.47 Å². The van der Waals surface area contributed by atoms with Crippen molar-refractivity contribution in [1.29, 1.82) is 0 Å². The molecule has 28 heavy (non-hydrogen) atoms. The van der Waals surface area contributed by atoms with Crippen LogP contribution in [0.3, 0.4) is 0 Å². The van der Waals surface area contributed by atoms with Gasteiger partial charge in [0.1, 0.15) is 11.6 Å². The molecular formula is C22H36N2O3S. The van der Waals surface area contributed by atoms with Gasteiger partial charge in [0, 0.05) is 4.90 Å². The monoisotopic (exact) mass is 408 g/mol. The highest BCUT2D eigenvalue weighted by atomic mass is 32.2. The molecule has 1 saturated heterocycles. The maximum Gasteiger partial charge on any atom is 0.323 e. The predicted molar refractivity (Wildman–Crippen MR) is 115 cm³/mol. The number of rotatable bonds is 10. The molecule has 2 atom stereocenters. The van der Waals surface area contributed by atoms with Crippen LogP contribution in [-0.2, 0) is 14.3 Å². The summed E-state index contributed by atoms with van der Waals surface area (Å²) in [5.74, 6) is -0.200. The number of unbranched alkanes of at least 4 members (excludes halogenated alkanes) is 1. The summed E-state index contributed by atoms with van der Waals surface area (Å²) in [6.07, 6.45) is 4.91. The first-order valence-electron chi connectivity index (χ1n) is 10.4. The number of piperidine rings is 1. The molecule has 2 unspecified atom stereocenters. The summed E-state index contributed by atoms with van der Waals surface area (Å²) in [6.45, 7) is 9.79. The molecular weight excluding hydrogens is 372 g/mol. The molecule has 0 aromatic heterocycles. The molecule has 1 fully saturated rings. The highest BCUT2D eigenvalue weighted by molar-refractivity contribution is 7.99. The number of carbonyl (C=O) groups is 1. The zero-order valence-electron chi connectivity index (χ0n) is 17.7. The molecule has 1 aromatic rings. The van der Waals surface area contributed by atoms with Crippen molar-refractivity contribution in [3.63, 3.8) is 0 Å². The second-order valence-corrected chi connectivity index (χ2v) is 9.38. The minimum atomic E-state index is -0.499. The van der Waals surface area contributed by atoms with Gasteiger partial charge in [0.15, 0.2) is 5.56 Å². The van der Waals surface area contributed by atoms with E-state index in [1.165, 1.54) is 0 Å². The lowest BCUT2D eigenvalue weighted by molar-refractivity contribution is -0.158. The average Bonchev–Trinajstić information content (AvgIpc) is 2.65. The first kappa shape index (κ1) is 23.2. The zero-order chi connectivity index (χ0) is 20.4. The third-order valence-electron chi connectivity index (χ3n) is 4.46. The Morgan fingerprint density at radius 3 is 2.54 bits per heavy atom. The molecule has 0 spiro atoms. The highest BCUT2D eigenvalue weighted by Crippen LogP contribution is 2.26. The molecule has 5 nitrogen and oxygen atoms in total. The van der Waals surface area contributed by atoms with Crippen molar-refractivity contribution in [1.82, 2.24) is 10.6 Å². The van der Waals surface area contributed by atoms with E-state index in [1.807, 2.05) is 39.0 Å². The van der Waals surface area contributed by atoms with Crippen LogP contribution in [0.15, 0.2) is 35.2 Å². The number of nitrogens with one attached hydrogen (secondary N) is 2. The van der Waals surface area contributed by atoms with Crippen molar-refractivity contribution in [3.8, 4) is 0 Å². The molecule has 6 heteroatoms. The first-order valence-corrected chi connectivity index (χ1v) is 11.3. The van der Waals surface area contributed by atoms with Gasteiger partial charge in [-0.3, -0.25) is 10.1 Å². The van der Waals surface area contributed by atoms with Crippen molar-refractivity contribution in [2.75, 3.05) is 13.1 Å². The van der Waals surface area contributed by atoms with Crippen LogP contribution < -0.4 is 10.6 Å². The van der Waals surface area contributed by atoms with Crippen LogP contribution in [0.5, 0.6) is 0 Å². The molecule has 1 aliphatic rings. The fourth-order valence-corrected chi connectivity index (χ4v) is 4.05. The third kappa shape index (κ3) is 8.95. The largest absolute Gasteiger partial charge is 0.459 e. The predicted octanol–water partition coefficient (Wildman–Crippen LogP) is 4.32. The molecule has 0 saturated carbocycles. The van der Waals surface area contributed by atoms with Crippen LogP contribution in [0.25, 0.3) is 0 Å². The van der Waals surface area contributed by atoms with Crippen LogP contribution in [0.1, 0.15) is 59.8 Å². The summed E-state index contributed by atoms with van der Waals surface area (Å²) in [7, 11) is 0. The Kier molecular flexibility index (Phi) is 9.79. The van der Waals surface area contributed by atoms with E-state index in [-0.39, 0.29) is 23.7 Å². The Bertz CT molecular complexity index is 571. The van der Waals surface area contributed by atoms with Crippen molar-refractivity contribution >= 4 is 17.7 Å². The zero-order valence-corrected chi connectivity index (χ0v) is 18.5. The quantitative estimate of drug-likeness (QED) is 0.342. The minimum Gasteiger partial charge on any atom is -0.459 e. The van der Waals surface area contributed by atoms with Crippen LogP contribution in [0.4, 0.5) is 0 Å². The molecule has 1 heterocycles. The lowest BCUT2D eigenvalue weighted by Crippen LogP contribution is -2.47. The van der Waals surface area contributed by atoms with E-state index in [1.54, 1.807) is 11.8 Å². The van der Waals surface area contributed by atoms with Crippen molar-refractivity contribution < 1.29 is 14.3 Å². The van der Waals surface area contributed by atoms with Crippen molar-refractivity contribution in [2.24, 2.45) is 0 Å². The Morgan fingerprint density at radius 2 is 1.93 bits per heavy atom. The number of carbonyl (C=O) groups excluding carboxylic acids is 1. The maximum atomic E-state index is 12.8. The van der Waals surface area contributed by atoms with Gasteiger partial charge in [-0.05, 0) is 65.3 Å². The topological polar surface area (TPSA) is 59.6 Å². The van der Waals surface area contributed by atoms with Gasteiger partial charge in [0.2, 0.25) is 0 Å². The minimum absolute atomic E-state index is 0.195. The Hall–Kier alpha value is -1.08. The van der Waals surface area contributed by atoms with Gasteiger partial charge in [-0.1, -0.05) is 49.7 Å². The van der Waals surface area contributed by atoms with E-state index in [9.17, 15) is 4.79 Å². The molecule has 1 aliphatic heterocycles. The molecule has 0 aliphatic carbocycles. The Labute approximate surface area is 174 Å². The number of benzene rings is 1. The van der Waals surface area contributed by atoms with Gasteiger partial charge < -0.3 is 14.8 Å². The van der Waals surface area contributed by atoms with Crippen molar-refractivity contribution in [3.05, 3.63) is 30.3 Å². The number of hydrogen-bond acceptors (Lipinski definition) is 6. The van der Waals surface area contributed by atoms with E-state index in [0.29, 0.717) is 0 Å². The van der Waals surface area contributed by atoms with Gasteiger partial charge >= 0.3 is 5.97 Å². The lowest BCUT2D eigenvalue weighted by Gasteiger charge is -2.31. The van der Waals surface area contributed by atoms with Gasteiger partial charge in [0.05, 0.1) is 6.10 Å². The summed E-state index contributed by atoms with van der Waals surface area (Å²) in [4.78, 5) is 13.9. The van der Waals surface area contributed by atoms with E-state index in [0.717, 1.165) is 50.1 Å². The Morgan fingerprint density at radius 1 is 1.25 bits per heavy atom. The fourth-order valence-electron chi connectivity index (χ4n) is 3.04. The molecule has 1 aromatic carbocycles. The number of esters is 1. The normalized spacial score (nSPS) is 17.9. The number of thioether (sulfide) groups is 1. The fraction of sp³-hybridized carbons (Fsp3) is 0.682. The average molecular weight is 409 g/mol. The van der Waals surface area contributed by atoms with Gasteiger partial charge in [-0.15, -0.1) is 0 Å². The molecule has 2 N–H and O–H groups in total. The summed E-state index contributed by atoms with van der Waals surface area (Å²) >= 11 is 1.62. The summed E-state index contributed by atoms with van der Waals surface area (Å²) in [5.41, 5.74) is -0.791. The van der Waals surface area contributed by atoms with Gasteiger partial charge in [-0.25, -0.2) is 0 Å². The third-order valence-corrected chi connectivity index (χ3v) is 5.47. The standard InChI is InChI=1S/C22H36N2O3S/c1-5-6-12-19(20(25)27-22(2,3)4)24-21(26-17-13-15-23-16-14-17)28-18-10-8-7-9-11-18/h7-11,17,19,21,23-24H,5-6,12-16H2,1-4H3. The van der Waals surface area contributed by atoms with Gasteiger partial charge in [-0.2, -0.15) is 0 Å². The summed E-state index contributed by atoms with van der Waals surface area (Å²) < 4.78 is 12.1. The lowest BCUT2D eigenvalue weighted by atomic mass is 10.1. The molecule has 158 valence electrons. The van der Waals surface area contributed by atoms with Gasteiger partial charge in [0.25, 0.3) is 0 Å². The van der Waals surface area contributed by atoms with Crippen LogP contribution in [0, 0.1) is 0 Å². The van der Waals surface area contributed by atoms with Crippen LogP contribution >= 0.6 is 11.8 Å². The SMILES string of the molecule is CCCCC(NC(OC1CCNCC1)Sc1ccccc1)C(=O)OC(C)(C)C. The van der Waals surface area contributed by atoms with E-state index < -0.39 is 5.60 Å². The number of hydrogen-bond donors (Lipinski definition) is 2. The van der Waals surface area contributed by atoms with Crippen LogP contribution in [-0.4, -0.2) is 42.4 Å². The first-order chi connectivity index (χ1) is 13.4. The molecule has 2 rings (SSSR count). The van der Waals surface area contributed by atoms with Crippen molar-refractivity contribution in [2.45, 2.75) is 88.0 Å². The molecule has 0 bridgehead atoms. The summed E-state index contributed by atoms with van der Waals surface area (Å²) in [5, 5.41) is 6.82. The number of ether oxygens (including phenoxy) is 2. The van der Waals surface area contributed by atoms with Crippen LogP contribution in [0.2, 0.25) is 0 Å². The maximum absolute atomic E-state index is 12.8. The Balaban J connectivity index is 2.08. The smallest absolute Gasteiger partial charge is 0.323 e. The van der Waals surface area contributed by atoms with E-state index >= 15 is 0 Å². The molecule has 0 amide bonds. The second-order valence-electron chi connectivity index (χ2n) is 8.24. The second kappa shape index (κ2) is 11.8. The van der Waals surface area contributed by atoms with E-state index in [2.05, 4.69) is 29.7 Å². The molecule has 0 radical (unpaired) electrons.